The van der Waals surface area contributed by atoms with Crippen molar-refractivity contribution < 1.29 is 4.52 Å². The lowest BCUT2D eigenvalue weighted by molar-refractivity contribution is 0.318. The molecule has 20 heavy (non-hydrogen) atoms. The van der Waals surface area contributed by atoms with Crippen molar-refractivity contribution in [2.45, 2.75) is 39.7 Å². The molecule has 0 aliphatic heterocycles. The normalized spacial score (nSPS) is 11.7. The largest absolute Gasteiger partial charge is 0.357 e. The second-order valence-electron chi connectivity index (χ2n) is 5.13. The van der Waals surface area contributed by atoms with Crippen LogP contribution in [-0.4, -0.2) is 29.2 Å². The van der Waals surface area contributed by atoms with Crippen LogP contribution < -0.4 is 10.6 Å². The van der Waals surface area contributed by atoms with E-state index in [1.54, 1.807) is 6.08 Å². The van der Waals surface area contributed by atoms with Crippen LogP contribution in [0.2, 0.25) is 0 Å². The minimum atomic E-state index is -0.138. The van der Waals surface area contributed by atoms with E-state index in [1.165, 1.54) is 0 Å². The molecule has 0 aliphatic rings. The van der Waals surface area contributed by atoms with Gasteiger partial charge in [-0.2, -0.15) is 4.98 Å². The summed E-state index contributed by atoms with van der Waals surface area (Å²) in [7, 11) is 0. The standard InChI is InChI=1S/C13H23N5O.HI/c1-6-8-15-12(14-7-2)16-9-10-17-11(19-18-10)13(3,4)5;/h6H,1,7-9H2,2-5H3,(H2,14,15,16);1H. The average Bonchev–Trinajstić information content (AvgIpc) is 2.81. The Balaban J connectivity index is 0.00000361. The highest BCUT2D eigenvalue weighted by molar-refractivity contribution is 14.0. The first-order chi connectivity index (χ1) is 8.97. The van der Waals surface area contributed by atoms with Crippen LogP contribution in [0.15, 0.2) is 22.2 Å². The molecule has 0 atom stereocenters. The minimum absolute atomic E-state index is 0. The fourth-order valence-corrected chi connectivity index (χ4v) is 1.28. The Morgan fingerprint density at radius 2 is 2.10 bits per heavy atom. The quantitative estimate of drug-likeness (QED) is 0.347. The SMILES string of the molecule is C=CCNC(=NCc1noc(C(C)(C)C)n1)NCC.I. The Bertz CT molecular complexity index is 436. The third-order valence-corrected chi connectivity index (χ3v) is 2.25. The van der Waals surface area contributed by atoms with Crippen LogP contribution in [0.5, 0.6) is 0 Å². The first kappa shape index (κ1) is 18.9. The van der Waals surface area contributed by atoms with Crippen molar-refractivity contribution in [3.05, 3.63) is 24.4 Å². The fraction of sp³-hybridized carbons (Fsp3) is 0.615. The number of aliphatic imine (C=N–C) groups is 1. The molecule has 0 radical (unpaired) electrons. The lowest BCUT2D eigenvalue weighted by Crippen LogP contribution is -2.37. The van der Waals surface area contributed by atoms with Crippen LogP contribution in [0.4, 0.5) is 0 Å². The summed E-state index contributed by atoms with van der Waals surface area (Å²) >= 11 is 0. The Kier molecular flexibility index (Phi) is 8.43. The van der Waals surface area contributed by atoms with Crippen molar-refractivity contribution in [3.63, 3.8) is 0 Å². The average molecular weight is 393 g/mol. The third kappa shape index (κ3) is 6.36. The molecule has 0 bridgehead atoms. The summed E-state index contributed by atoms with van der Waals surface area (Å²) in [6.45, 7) is 13.6. The van der Waals surface area contributed by atoms with Gasteiger partial charge >= 0.3 is 0 Å². The van der Waals surface area contributed by atoms with Gasteiger partial charge in [-0.05, 0) is 6.92 Å². The number of hydrogen-bond donors (Lipinski definition) is 2. The van der Waals surface area contributed by atoms with E-state index in [-0.39, 0.29) is 29.4 Å². The topological polar surface area (TPSA) is 75.3 Å². The van der Waals surface area contributed by atoms with Gasteiger partial charge in [-0.15, -0.1) is 30.6 Å². The molecule has 0 spiro atoms. The summed E-state index contributed by atoms with van der Waals surface area (Å²) in [4.78, 5) is 8.71. The number of nitrogens with zero attached hydrogens (tertiary/aromatic N) is 3. The first-order valence-corrected chi connectivity index (χ1v) is 6.43. The Morgan fingerprint density at radius 1 is 1.40 bits per heavy atom. The van der Waals surface area contributed by atoms with Crippen molar-refractivity contribution in [2.24, 2.45) is 4.99 Å². The van der Waals surface area contributed by atoms with Crippen molar-refractivity contribution in [1.82, 2.24) is 20.8 Å². The number of rotatable bonds is 5. The predicted octanol–water partition coefficient (Wildman–Crippen LogP) is 2.23. The molecule has 1 rings (SSSR count). The van der Waals surface area contributed by atoms with Crippen LogP contribution in [0, 0.1) is 0 Å². The zero-order valence-electron chi connectivity index (χ0n) is 12.6. The Morgan fingerprint density at radius 3 is 2.60 bits per heavy atom. The number of guanidine groups is 1. The van der Waals surface area contributed by atoms with E-state index in [1.807, 2.05) is 27.7 Å². The number of halogens is 1. The lowest BCUT2D eigenvalue weighted by atomic mass is 9.97. The van der Waals surface area contributed by atoms with Gasteiger partial charge in [0.05, 0.1) is 0 Å². The second kappa shape index (κ2) is 8.93. The first-order valence-electron chi connectivity index (χ1n) is 6.43. The van der Waals surface area contributed by atoms with Crippen LogP contribution in [0.25, 0.3) is 0 Å². The van der Waals surface area contributed by atoms with Gasteiger partial charge in [0, 0.05) is 18.5 Å². The molecule has 0 fully saturated rings. The molecule has 6 nitrogen and oxygen atoms in total. The maximum absolute atomic E-state index is 5.22. The van der Waals surface area contributed by atoms with Crippen molar-refractivity contribution in [1.29, 1.82) is 0 Å². The molecular formula is C13H24IN5O. The summed E-state index contributed by atoms with van der Waals surface area (Å²) in [6.07, 6.45) is 1.78. The maximum Gasteiger partial charge on any atom is 0.232 e. The van der Waals surface area contributed by atoms with Gasteiger partial charge < -0.3 is 15.2 Å². The Labute approximate surface area is 137 Å². The summed E-state index contributed by atoms with van der Waals surface area (Å²) < 4.78 is 5.22. The van der Waals surface area contributed by atoms with Gasteiger partial charge in [-0.1, -0.05) is 32.0 Å². The van der Waals surface area contributed by atoms with Crippen LogP contribution in [0.3, 0.4) is 0 Å². The van der Waals surface area contributed by atoms with Crippen molar-refractivity contribution in [2.75, 3.05) is 13.1 Å². The molecule has 0 amide bonds. The van der Waals surface area contributed by atoms with E-state index in [4.69, 9.17) is 4.52 Å². The van der Waals surface area contributed by atoms with E-state index in [2.05, 4.69) is 32.3 Å². The van der Waals surface area contributed by atoms with Gasteiger partial charge in [0.1, 0.15) is 6.54 Å². The summed E-state index contributed by atoms with van der Waals surface area (Å²) in [5.74, 6) is 1.92. The van der Waals surface area contributed by atoms with Gasteiger partial charge in [0.2, 0.25) is 5.89 Å². The number of hydrogen-bond acceptors (Lipinski definition) is 4. The highest BCUT2D eigenvalue weighted by Gasteiger charge is 2.21. The second-order valence-corrected chi connectivity index (χ2v) is 5.13. The highest BCUT2D eigenvalue weighted by Crippen LogP contribution is 2.19. The van der Waals surface area contributed by atoms with Gasteiger partial charge in [-0.3, -0.25) is 0 Å². The number of aromatic nitrogens is 2. The zero-order chi connectivity index (χ0) is 14.3. The Hall–Kier alpha value is -1.12. The highest BCUT2D eigenvalue weighted by atomic mass is 127. The van der Waals surface area contributed by atoms with Gasteiger partial charge in [0.25, 0.3) is 0 Å². The zero-order valence-corrected chi connectivity index (χ0v) is 14.9. The van der Waals surface area contributed by atoms with E-state index in [0.29, 0.717) is 30.8 Å². The molecule has 0 aromatic carbocycles. The molecule has 2 N–H and O–H groups in total. The van der Waals surface area contributed by atoms with E-state index < -0.39 is 0 Å². The molecule has 0 saturated heterocycles. The van der Waals surface area contributed by atoms with E-state index in [9.17, 15) is 0 Å². The molecule has 1 aromatic rings. The van der Waals surface area contributed by atoms with Crippen molar-refractivity contribution >= 4 is 29.9 Å². The summed E-state index contributed by atoms with van der Waals surface area (Å²) in [5.41, 5.74) is -0.138. The predicted molar refractivity (Wildman–Crippen MR) is 91.4 cm³/mol. The third-order valence-electron chi connectivity index (χ3n) is 2.25. The van der Waals surface area contributed by atoms with E-state index in [0.717, 1.165) is 6.54 Å². The lowest BCUT2D eigenvalue weighted by Gasteiger charge is -2.10. The monoisotopic (exact) mass is 393 g/mol. The fourth-order valence-electron chi connectivity index (χ4n) is 1.28. The molecule has 0 unspecified atom stereocenters. The molecule has 0 aliphatic carbocycles. The maximum atomic E-state index is 5.22. The van der Waals surface area contributed by atoms with Crippen LogP contribution in [-0.2, 0) is 12.0 Å². The van der Waals surface area contributed by atoms with E-state index >= 15 is 0 Å². The van der Waals surface area contributed by atoms with Crippen LogP contribution in [0.1, 0.15) is 39.4 Å². The molecule has 7 heteroatoms. The minimum Gasteiger partial charge on any atom is -0.357 e. The van der Waals surface area contributed by atoms with Crippen LogP contribution >= 0.6 is 24.0 Å². The number of nitrogens with one attached hydrogen (secondary N) is 2. The molecule has 114 valence electrons. The summed E-state index contributed by atoms with van der Waals surface area (Å²) in [6, 6.07) is 0. The molecule has 1 aromatic heterocycles. The van der Waals surface area contributed by atoms with Crippen molar-refractivity contribution in [3.8, 4) is 0 Å². The molecule has 0 saturated carbocycles. The molecule has 1 heterocycles. The summed E-state index contributed by atoms with van der Waals surface area (Å²) in [5, 5.41) is 10.2. The molecular weight excluding hydrogens is 369 g/mol. The van der Waals surface area contributed by atoms with Gasteiger partial charge in [0.15, 0.2) is 11.8 Å². The smallest absolute Gasteiger partial charge is 0.232 e. The van der Waals surface area contributed by atoms with Gasteiger partial charge in [-0.25, -0.2) is 4.99 Å².